The first kappa shape index (κ1) is 15.8. The van der Waals surface area contributed by atoms with Gasteiger partial charge in [-0.05, 0) is 6.92 Å². The second-order valence-corrected chi connectivity index (χ2v) is 4.47. The van der Waals surface area contributed by atoms with Crippen LogP contribution in [0.2, 0.25) is 0 Å². The van der Waals surface area contributed by atoms with E-state index in [1.165, 1.54) is 6.92 Å². The number of hydrogen-bond donors (Lipinski definition) is 1. The van der Waals surface area contributed by atoms with Crippen LogP contribution in [0, 0.1) is 27.2 Å². The van der Waals surface area contributed by atoms with E-state index in [-0.39, 0.29) is 10.1 Å². The molecule has 0 bridgehead atoms. The van der Waals surface area contributed by atoms with Crippen molar-refractivity contribution < 1.29 is 14.6 Å². The number of aryl methyl sites for hydroxylation is 1. The third-order valence-corrected chi connectivity index (χ3v) is 2.93. The Morgan fingerprint density at radius 3 is 2.09 bits per heavy atom. The Balaban J connectivity index is 2.72. The average Bonchev–Trinajstić information content (AvgIpc) is 2.50. The van der Waals surface area contributed by atoms with E-state index in [4.69, 9.17) is 0 Å². The Morgan fingerprint density at radius 1 is 1.09 bits per heavy atom. The van der Waals surface area contributed by atoms with Crippen LogP contribution < -0.4 is 11.2 Å². The molecule has 0 spiro atoms. The molecule has 11 heteroatoms. The van der Waals surface area contributed by atoms with Gasteiger partial charge in [-0.2, -0.15) is 4.57 Å². The van der Waals surface area contributed by atoms with Crippen molar-refractivity contribution in [2.24, 2.45) is 0 Å². The van der Waals surface area contributed by atoms with Crippen LogP contribution in [0.5, 0.6) is 0 Å². The molecule has 0 fully saturated rings. The zero-order valence-corrected chi connectivity index (χ0v) is 11.5. The molecule has 11 nitrogen and oxygen atoms in total. The fraction of sp³-hybridized carbons (Fsp3) is 0.0833. The zero-order valence-electron chi connectivity index (χ0n) is 11.5. The maximum Gasteiger partial charge on any atom is 0.335 e. The molecule has 0 amide bonds. The smallest absolute Gasteiger partial charge is 0.313 e. The van der Waals surface area contributed by atoms with Crippen LogP contribution in [0.3, 0.4) is 0 Å². The summed E-state index contributed by atoms with van der Waals surface area (Å²) in [6, 6.07) is 2.17. The van der Waals surface area contributed by atoms with Crippen LogP contribution in [0.4, 0.5) is 11.4 Å². The fourth-order valence-corrected chi connectivity index (χ4v) is 1.81. The molecule has 1 aromatic carbocycles. The van der Waals surface area contributed by atoms with Gasteiger partial charge in [0.05, 0.1) is 21.5 Å². The highest BCUT2D eigenvalue weighted by Gasteiger charge is 2.22. The lowest BCUT2D eigenvalue weighted by Crippen LogP contribution is -2.40. The second-order valence-electron chi connectivity index (χ2n) is 4.47. The maximum atomic E-state index is 12.3. The lowest BCUT2D eigenvalue weighted by molar-refractivity contribution is -0.394. The number of benzene rings is 1. The first-order valence-corrected chi connectivity index (χ1v) is 6.02. The summed E-state index contributed by atoms with van der Waals surface area (Å²) in [7, 11) is 0. The fourth-order valence-electron chi connectivity index (χ4n) is 1.81. The van der Waals surface area contributed by atoms with Crippen molar-refractivity contribution in [3.8, 4) is 0 Å². The molecular weight excluding hydrogens is 312 g/mol. The molecule has 2 rings (SSSR count). The average molecular weight is 320 g/mol. The molecule has 0 saturated carbocycles. The molecule has 0 saturated heterocycles. The van der Waals surface area contributed by atoms with E-state index in [9.17, 15) is 34.6 Å². The molecule has 2 aromatic rings. The normalized spacial score (nSPS) is 10.3. The molecule has 23 heavy (non-hydrogen) atoms. The summed E-state index contributed by atoms with van der Waals surface area (Å²) in [6.07, 6.45) is 1.10. The van der Waals surface area contributed by atoms with Gasteiger partial charge in [0, 0.05) is 23.9 Å². The van der Waals surface area contributed by atoms with Gasteiger partial charge in [-0.15, -0.1) is 0 Å². The summed E-state index contributed by atoms with van der Waals surface area (Å²) >= 11 is 0. The number of non-ortho nitro benzene ring substituents is 2. The van der Waals surface area contributed by atoms with Crippen LogP contribution in [0.1, 0.15) is 15.9 Å². The van der Waals surface area contributed by atoms with Gasteiger partial charge < -0.3 is 4.98 Å². The second kappa shape index (κ2) is 5.63. The predicted molar refractivity (Wildman–Crippen MR) is 75.5 cm³/mol. The number of nitrogens with zero attached hydrogens (tertiary/aromatic N) is 3. The molecule has 118 valence electrons. The Kier molecular flexibility index (Phi) is 3.86. The first-order valence-electron chi connectivity index (χ1n) is 6.02. The van der Waals surface area contributed by atoms with E-state index in [2.05, 4.69) is 4.98 Å². The summed E-state index contributed by atoms with van der Waals surface area (Å²) < 4.78 is 0.220. The highest BCUT2D eigenvalue weighted by Crippen LogP contribution is 2.22. The molecule has 1 N–H and O–H groups in total. The van der Waals surface area contributed by atoms with Gasteiger partial charge in [0.25, 0.3) is 22.8 Å². The molecular formula is C12H8N4O7. The number of carbonyl (C=O) groups excluding carboxylic acids is 1. The highest BCUT2D eigenvalue weighted by atomic mass is 16.6. The van der Waals surface area contributed by atoms with Crippen molar-refractivity contribution in [2.45, 2.75) is 6.92 Å². The van der Waals surface area contributed by atoms with E-state index in [0.29, 0.717) is 6.07 Å². The maximum absolute atomic E-state index is 12.3. The summed E-state index contributed by atoms with van der Waals surface area (Å²) in [5.41, 5.74) is -3.87. The van der Waals surface area contributed by atoms with Gasteiger partial charge in [0.2, 0.25) is 0 Å². The number of nitro groups is 2. The number of aromatic nitrogens is 2. The van der Waals surface area contributed by atoms with Crippen molar-refractivity contribution in [3.05, 3.63) is 76.6 Å². The number of carbonyl (C=O) groups is 1. The van der Waals surface area contributed by atoms with Crippen LogP contribution >= 0.6 is 0 Å². The minimum absolute atomic E-state index is 0.0536. The molecule has 0 unspecified atom stereocenters. The number of hydrogen-bond acceptors (Lipinski definition) is 7. The Morgan fingerprint density at radius 2 is 1.61 bits per heavy atom. The summed E-state index contributed by atoms with van der Waals surface area (Å²) in [6.45, 7) is 1.35. The lowest BCUT2D eigenvalue weighted by Gasteiger charge is -2.04. The number of rotatable bonds is 3. The standard InChI is InChI=1S/C12H8N4O7/c1-6-5-13-12(19)14(10(6)17)11(18)7-2-8(15(20)21)4-9(3-7)16(22)23/h2-5H,1H3,(H,13,19). The van der Waals surface area contributed by atoms with Crippen molar-refractivity contribution in [3.63, 3.8) is 0 Å². The van der Waals surface area contributed by atoms with Gasteiger partial charge in [-0.3, -0.25) is 29.8 Å². The van der Waals surface area contributed by atoms with Gasteiger partial charge in [0.15, 0.2) is 0 Å². The quantitative estimate of drug-likeness (QED) is 0.630. The van der Waals surface area contributed by atoms with Gasteiger partial charge in [-0.25, -0.2) is 4.79 Å². The molecule has 0 radical (unpaired) electrons. The zero-order chi connectivity index (χ0) is 17.3. The van der Waals surface area contributed by atoms with Gasteiger partial charge in [-0.1, -0.05) is 0 Å². The van der Waals surface area contributed by atoms with Crippen LogP contribution in [0.25, 0.3) is 0 Å². The predicted octanol–water partition coefficient (Wildman–Crippen LogP) is 0.350. The van der Waals surface area contributed by atoms with E-state index in [1.54, 1.807) is 0 Å². The van der Waals surface area contributed by atoms with Crippen LogP contribution in [-0.4, -0.2) is 25.3 Å². The first-order chi connectivity index (χ1) is 10.7. The van der Waals surface area contributed by atoms with Crippen LogP contribution in [-0.2, 0) is 0 Å². The minimum atomic E-state index is -1.20. The minimum Gasteiger partial charge on any atom is -0.313 e. The summed E-state index contributed by atoms with van der Waals surface area (Å²) in [4.78, 5) is 57.8. The van der Waals surface area contributed by atoms with Crippen molar-refractivity contribution in [1.82, 2.24) is 9.55 Å². The molecule has 0 aliphatic carbocycles. The Bertz CT molecular complexity index is 924. The molecule has 0 aliphatic heterocycles. The largest absolute Gasteiger partial charge is 0.335 e. The Labute approximate surface area is 126 Å². The topological polar surface area (TPSA) is 158 Å². The van der Waals surface area contributed by atoms with Crippen molar-refractivity contribution in [1.29, 1.82) is 0 Å². The molecule has 1 heterocycles. The summed E-state index contributed by atoms with van der Waals surface area (Å²) in [5, 5.41) is 21.6. The summed E-state index contributed by atoms with van der Waals surface area (Å²) in [5.74, 6) is -1.20. The van der Waals surface area contributed by atoms with E-state index >= 15 is 0 Å². The SMILES string of the molecule is Cc1c[nH]c(=O)n(C(=O)c2cc([N+](=O)[O-])cc([N+](=O)[O-])c2)c1=O. The van der Waals surface area contributed by atoms with Crippen molar-refractivity contribution in [2.75, 3.05) is 0 Å². The monoisotopic (exact) mass is 320 g/mol. The lowest BCUT2D eigenvalue weighted by atomic mass is 10.1. The van der Waals surface area contributed by atoms with E-state index in [1.807, 2.05) is 0 Å². The van der Waals surface area contributed by atoms with Gasteiger partial charge in [0.1, 0.15) is 0 Å². The number of H-pyrrole nitrogens is 1. The highest BCUT2D eigenvalue weighted by molar-refractivity contribution is 5.97. The van der Waals surface area contributed by atoms with Crippen molar-refractivity contribution >= 4 is 17.3 Å². The molecule has 0 aliphatic rings. The van der Waals surface area contributed by atoms with Gasteiger partial charge >= 0.3 is 5.69 Å². The number of nitro benzene ring substituents is 2. The van der Waals surface area contributed by atoms with E-state index in [0.717, 1.165) is 18.3 Å². The third-order valence-electron chi connectivity index (χ3n) is 2.93. The number of aromatic amines is 1. The molecule has 1 aromatic heterocycles. The number of nitrogens with one attached hydrogen (secondary N) is 1. The van der Waals surface area contributed by atoms with E-state index < -0.39 is 43.9 Å². The molecule has 0 atom stereocenters. The van der Waals surface area contributed by atoms with Crippen LogP contribution in [0.15, 0.2) is 34.0 Å². The Hall–Kier alpha value is -3.63. The third kappa shape index (κ3) is 2.88.